The molecule has 7 nitrogen and oxygen atoms in total. The number of benzene rings is 1. The third-order valence-corrected chi connectivity index (χ3v) is 7.08. The summed E-state index contributed by atoms with van der Waals surface area (Å²) >= 11 is 3.01. The third-order valence-electron chi connectivity index (χ3n) is 5.05. The molecule has 33 heavy (non-hydrogen) atoms. The fraction of sp³-hybridized carbons (Fsp3) is 0.0833. The molecule has 164 valence electrons. The summed E-state index contributed by atoms with van der Waals surface area (Å²) in [7, 11) is 0. The SMILES string of the molecule is Nc1ccc(-c2cccs2)cc1NC(=O)c1ccc(-c2cn(CCc3ccccn3)nn2)s1. The topological polar surface area (TPSA) is 98.7 Å². The molecule has 0 spiro atoms. The van der Waals surface area contributed by atoms with Crippen molar-refractivity contribution in [3.63, 3.8) is 0 Å². The Bertz CT molecular complexity index is 1380. The number of aryl methyl sites for hydroxylation is 2. The van der Waals surface area contributed by atoms with E-state index in [9.17, 15) is 4.79 Å². The fourth-order valence-corrected chi connectivity index (χ4v) is 4.91. The monoisotopic (exact) mass is 472 g/mol. The summed E-state index contributed by atoms with van der Waals surface area (Å²) in [4.78, 5) is 19.8. The maximum atomic E-state index is 12.9. The van der Waals surface area contributed by atoms with E-state index in [4.69, 9.17) is 5.73 Å². The first kappa shape index (κ1) is 21.0. The van der Waals surface area contributed by atoms with Gasteiger partial charge in [0, 0.05) is 29.7 Å². The van der Waals surface area contributed by atoms with Crippen molar-refractivity contribution < 1.29 is 4.79 Å². The Morgan fingerprint density at radius 3 is 2.82 bits per heavy atom. The Hall–Kier alpha value is -3.82. The number of nitrogen functional groups attached to an aromatic ring is 1. The van der Waals surface area contributed by atoms with Crippen molar-refractivity contribution in [2.24, 2.45) is 0 Å². The smallest absolute Gasteiger partial charge is 0.265 e. The molecule has 1 aromatic carbocycles. The molecule has 5 rings (SSSR count). The van der Waals surface area contributed by atoms with Crippen LogP contribution in [0.2, 0.25) is 0 Å². The van der Waals surface area contributed by atoms with Crippen LogP contribution in [0.15, 0.2) is 78.4 Å². The Morgan fingerprint density at radius 2 is 2.00 bits per heavy atom. The van der Waals surface area contributed by atoms with Crippen LogP contribution in [0.25, 0.3) is 21.0 Å². The molecule has 4 heterocycles. The zero-order valence-electron chi connectivity index (χ0n) is 17.5. The number of rotatable bonds is 7. The standard InChI is InChI=1S/C24H20N6OS2/c25-18-7-6-16(21-5-3-13-32-21)14-19(18)27-24(31)23-9-8-22(33-23)20-15-30(29-28-20)12-10-17-4-1-2-11-26-17/h1-9,11,13-15H,10,12,25H2,(H,27,31). The molecule has 0 radical (unpaired) electrons. The van der Waals surface area contributed by atoms with E-state index >= 15 is 0 Å². The van der Waals surface area contributed by atoms with Gasteiger partial charge in [0.1, 0.15) is 5.69 Å². The summed E-state index contributed by atoms with van der Waals surface area (Å²) in [6.07, 6.45) is 4.44. The van der Waals surface area contributed by atoms with Gasteiger partial charge >= 0.3 is 0 Å². The number of aromatic nitrogens is 4. The number of pyridine rings is 1. The molecule has 0 aliphatic carbocycles. The van der Waals surface area contributed by atoms with Gasteiger partial charge in [-0.05, 0) is 53.4 Å². The average molecular weight is 473 g/mol. The van der Waals surface area contributed by atoms with Crippen LogP contribution in [0, 0.1) is 0 Å². The molecular formula is C24H20N6OS2. The van der Waals surface area contributed by atoms with E-state index in [2.05, 4.69) is 20.6 Å². The number of carbonyl (C=O) groups excluding carboxylic acids is 1. The minimum absolute atomic E-state index is 0.205. The summed E-state index contributed by atoms with van der Waals surface area (Å²) in [5.41, 5.74) is 9.99. The number of nitrogens with two attached hydrogens (primary N) is 1. The summed E-state index contributed by atoms with van der Waals surface area (Å²) in [6.45, 7) is 0.683. The molecule has 3 N–H and O–H groups in total. The lowest BCUT2D eigenvalue weighted by Gasteiger charge is -2.09. The normalized spacial score (nSPS) is 10.9. The highest BCUT2D eigenvalue weighted by Gasteiger charge is 2.14. The largest absolute Gasteiger partial charge is 0.397 e. The van der Waals surface area contributed by atoms with E-state index in [0.29, 0.717) is 22.8 Å². The zero-order valence-corrected chi connectivity index (χ0v) is 19.1. The van der Waals surface area contributed by atoms with E-state index in [1.165, 1.54) is 11.3 Å². The predicted octanol–water partition coefficient (Wildman–Crippen LogP) is 5.21. The number of amides is 1. The Kier molecular flexibility index (Phi) is 5.97. The number of hydrogen-bond acceptors (Lipinski definition) is 7. The zero-order chi connectivity index (χ0) is 22.6. The highest BCUT2D eigenvalue weighted by Crippen LogP contribution is 2.31. The second-order valence-corrected chi connectivity index (χ2v) is 9.37. The summed E-state index contributed by atoms with van der Waals surface area (Å²) < 4.78 is 1.79. The molecular weight excluding hydrogens is 452 g/mol. The molecule has 0 bridgehead atoms. The minimum atomic E-state index is -0.205. The van der Waals surface area contributed by atoms with Crippen LogP contribution < -0.4 is 11.1 Å². The Balaban J connectivity index is 1.27. The van der Waals surface area contributed by atoms with Gasteiger partial charge in [0.25, 0.3) is 5.91 Å². The Labute approximate surface area is 198 Å². The Morgan fingerprint density at radius 1 is 1.06 bits per heavy atom. The number of anilines is 2. The molecule has 0 atom stereocenters. The molecule has 0 unspecified atom stereocenters. The highest BCUT2D eigenvalue weighted by atomic mass is 32.1. The van der Waals surface area contributed by atoms with Crippen LogP contribution in [0.1, 0.15) is 15.4 Å². The average Bonchev–Trinajstić information content (AvgIpc) is 3.61. The molecule has 0 aliphatic heterocycles. The fourth-order valence-electron chi connectivity index (χ4n) is 3.34. The van der Waals surface area contributed by atoms with Crippen molar-refractivity contribution in [1.29, 1.82) is 0 Å². The van der Waals surface area contributed by atoms with Gasteiger partial charge < -0.3 is 11.1 Å². The first-order valence-electron chi connectivity index (χ1n) is 10.3. The van der Waals surface area contributed by atoms with Gasteiger partial charge in [-0.25, -0.2) is 0 Å². The van der Waals surface area contributed by atoms with Crippen LogP contribution in [-0.2, 0) is 13.0 Å². The van der Waals surface area contributed by atoms with Crippen molar-refractivity contribution in [1.82, 2.24) is 20.0 Å². The van der Waals surface area contributed by atoms with E-state index in [-0.39, 0.29) is 5.91 Å². The van der Waals surface area contributed by atoms with Crippen molar-refractivity contribution in [2.75, 3.05) is 11.1 Å². The van der Waals surface area contributed by atoms with Crippen LogP contribution in [0.3, 0.4) is 0 Å². The first-order chi connectivity index (χ1) is 16.2. The molecule has 0 saturated heterocycles. The highest BCUT2D eigenvalue weighted by molar-refractivity contribution is 7.17. The second kappa shape index (κ2) is 9.35. The van der Waals surface area contributed by atoms with E-state index in [1.54, 1.807) is 28.3 Å². The van der Waals surface area contributed by atoms with Gasteiger partial charge in [-0.2, -0.15) is 0 Å². The lowest BCUT2D eigenvalue weighted by atomic mass is 10.1. The predicted molar refractivity (Wildman–Crippen MR) is 133 cm³/mol. The molecule has 0 fully saturated rings. The molecule has 5 aromatic rings. The summed E-state index contributed by atoms with van der Waals surface area (Å²) in [6, 6.07) is 19.2. The third kappa shape index (κ3) is 4.84. The minimum Gasteiger partial charge on any atom is -0.397 e. The van der Waals surface area contributed by atoms with Crippen LogP contribution in [-0.4, -0.2) is 25.9 Å². The molecule has 4 aromatic heterocycles. The first-order valence-corrected chi connectivity index (χ1v) is 12.0. The van der Waals surface area contributed by atoms with Gasteiger partial charge in [-0.3, -0.25) is 14.5 Å². The molecule has 0 saturated carbocycles. The van der Waals surface area contributed by atoms with Gasteiger partial charge in [-0.15, -0.1) is 27.8 Å². The lowest BCUT2D eigenvalue weighted by molar-refractivity contribution is 0.103. The van der Waals surface area contributed by atoms with Gasteiger partial charge in [-0.1, -0.05) is 23.4 Å². The van der Waals surface area contributed by atoms with E-state index in [0.717, 1.165) is 33.1 Å². The van der Waals surface area contributed by atoms with E-state index in [1.807, 2.05) is 66.2 Å². The van der Waals surface area contributed by atoms with Gasteiger partial charge in [0.15, 0.2) is 0 Å². The molecule has 9 heteroatoms. The number of thiophene rings is 2. The number of hydrogen-bond donors (Lipinski definition) is 2. The maximum Gasteiger partial charge on any atom is 0.265 e. The summed E-state index contributed by atoms with van der Waals surface area (Å²) in [5, 5.41) is 13.4. The van der Waals surface area contributed by atoms with Crippen LogP contribution >= 0.6 is 22.7 Å². The van der Waals surface area contributed by atoms with Gasteiger partial charge in [0.2, 0.25) is 0 Å². The summed E-state index contributed by atoms with van der Waals surface area (Å²) in [5.74, 6) is -0.205. The van der Waals surface area contributed by atoms with Crippen LogP contribution in [0.5, 0.6) is 0 Å². The van der Waals surface area contributed by atoms with E-state index < -0.39 is 0 Å². The number of nitrogens with one attached hydrogen (secondary N) is 1. The van der Waals surface area contributed by atoms with Gasteiger partial charge in [0.05, 0.1) is 27.3 Å². The maximum absolute atomic E-state index is 12.9. The van der Waals surface area contributed by atoms with Crippen molar-refractivity contribution in [3.8, 4) is 21.0 Å². The quantitative estimate of drug-likeness (QED) is 0.317. The molecule has 0 aliphatic rings. The lowest BCUT2D eigenvalue weighted by Crippen LogP contribution is -2.11. The second-order valence-electron chi connectivity index (χ2n) is 7.34. The van der Waals surface area contributed by atoms with Crippen molar-refractivity contribution >= 4 is 40.0 Å². The van der Waals surface area contributed by atoms with Crippen LogP contribution in [0.4, 0.5) is 11.4 Å². The van der Waals surface area contributed by atoms with Crippen molar-refractivity contribution in [2.45, 2.75) is 13.0 Å². The number of carbonyl (C=O) groups is 1. The van der Waals surface area contributed by atoms with Crippen molar-refractivity contribution in [3.05, 3.63) is 89.0 Å². The number of nitrogens with zero attached hydrogens (tertiary/aromatic N) is 4. The molecule has 1 amide bonds.